The highest BCUT2D eigenvalue weighted by Crippen LogP contribution is 2.28. The van der Waals surface area contributed by atoms with Crippen LogP contribution in [0.25, 0.3) is 0 Å². The zero-order valence-corrected chi connectivity index (χ0v) is 11.9. The van der Waals surface area contributed by atoms with E-state index >= 15 is 0 Å². The van der Waals surface area contributed by atoms with Gasteiger partial charge >= 0.3 is 5.69 Å². The summed E-state index contributed by atoms with van der Waals surface area (Å²) in [5.74, 6) is 0.425. The number of rotatable bonds is 4. The van der Waals surface area contributed by atoms with Gasteiger partial charge in [0.2, 0.25) is 0 Å². The third kappa shape index (κ3) is 3.30. The van der Waals surface area contributed by atoms with Gasteiger partial charge in [-0.25, -0.2) is 0 Å². The van der Waals surface area contributed by atoms with Crippen molar-refractivity contribution in [3.8, 4) is 5.75 Å². The van der Waals surface area contributed by atoms with E-state index in [-0.39, 0.29) is 17.3 Å². The first-order valence-electron chi connectivity index (χ1n) is 6.88. The number of amides is 1. The van der Waals surface area contributed by atoms with Crippen molar-refractivity contribution in [1.82, 2.24) is 4.90 Å². The number of nitrogens with zero attached hydrogens (tertiary/aromatic N) is 2. The molecule has 1 amide bonds. The number of piperidine rings is 1. The fourth-order valence-corrected chi connectivity index (χ4v) is 2.52. The molecule has 0 spiro atoms. The van der Waals surface area contributed by atoms with E-state index in [4.69, 9.17) is 10.5 Å². The minimum absolute atomic E-state index is 0.151. The number of benzene rings is 1. The van der Waals surface area contributed by atoms with Gasteiger partial charge in [-0.1, -0.05) is 0 Å². The molecule has 0 radical (unpaired) electrons. The monoisotopic (exact) mass is 293 g/mol. The lowest BCUT2D eigenvalue weighted by Crippen LogP contribution is -2.40. The molecule has 1 aromatic carbocycles. The number of nitro groups is 1. The Morgan fingerprint density at radius 3 is 2.67 bits per heavy atom. The summed E-state index contributed by atoms with van der Waals surface area (Å²) in [5, 5.41) is 11.0. The second-order valence-corrected chi connectivity index (χ2v) is 5.12. The molecular weight excluding hydrogens is 274 g/mol. The molecule has 7 nitrogen and oxygen atoms in total. The summed E-state index contributed by atoms with van der Waals surface area (Å²) in [7, 11) is 1.36. The van der Waals surface area contributed by atoms with Crippen LogP contribution < -0.4 is 10.5 Å². The summed E-state index contributed by atoms with van der Waals surface area (Å²) < 4.78 is 4.94. The fraction of sp³-hybridized carbons (Fsp3) is 0.500. The lowest BCUT2D eigenvalue weighted by Gasteiger charge is -2.31. The van der Waals surface area contributed by atoms with Crippen molar-refractivity contribution in [2.45, 2.75) is 12.8 Å². The lowest BCUT2D eigenvalue weighted by molar-refractivity contribution is -0.385. The van der Waals surface area contributed by atoms with Crippen molar-refractivity contribution in [2.24, 2.45) is 11.7 Å². The van der Waals surface area contributed by atoms with Gasteiger partial charge in [-0.2, -0.15) is 0 Å². The highest BCUT2D eigenvalue weighted by molar-refractivity contribution is 5.95. The van der Waals surface area contributed by atoms with Crippen LogP contribution in [0.3, 0.4) is 0 Å². The maximum atomic E-state index is 12.4. The van der Waals surface area contributed by atoms with Gasteiger partial charge in [0.05, 0.1) is 12.0 Å². The van der Waals surface area contributed by atoms with E-state index in [9.17, 15) is 14.9 Å². The Bertz CT molecular complexity index is 539. The smallest absolute Gasteiger partial charge is 0.311 e. The number of methoxy groups -OCH3 is 1. The number of carbonyl (C=O) groups is 1. The van der Waals surface area contributed by atoms with Gasteiger partial charge in [0.25, 0.3) is 5.91 Å². The Morgan fingerprint density at radius 1 is 1.48 bits per heavy atom. The molecule has 1 saturated heterocycles. The van der Waals surface area contributed by atoms with Crippen molar-refractivity contribution in [3.05, 3.63) is 33.9 Å². The van der Waals surface area contributed by atoms with Gasteiger partial charge in [-0.05, 0) is 37.4 Å². The van der Waals surface area contributed by atoms with E-state index in [2.05, 4.69) is 0 Å². The number of likely N-dealkylation sites (tertiary alicyclic amines) is 1. The van der Waals surface area contributed by atoms with E-state index in [0.29, 0.717) is 31.1 Å². The summed E-state index contributed by atoms with van der Waals surface area (Å²) in [6, 6.07) is 4.29. The molecule has 0 aliphatic carbocycles. The highest BCUT2D eigenvalue weighted by atomic mass is 16.6. The van der Waals surface area contributed by atoms with Crippen LogP contribution >= 0.6 is 0 Å². The number of hydrogen-bond acceptors (Lipinski definition) is 5. The molecule has 0 bridgehead atoms. The first-order chi connectivity index (χ1) is 10.1. The topological polar surface area (TPSA) is 98.7 Å². The van der Waals surface area contributed by atoms with Gasteiger partial charge in [-0.15, -0.1) is 0 Å². The summed E-state index contributed by atoms with van der Waals surface area (Å²) in [6.07, 6.45) is 1.75. The highest BCUT2D eigenvalue weighted by Gasteiger charge is 2.25. The van der Waals surface area contributed by atoms with E-state index in [1.807, 2.05) is 0 Å². The normalized spacial score (nSPS) is 15.8. The second kappa shape index (κ2) is 6.53. The summed E-state index contributed by atoms with van der Waals surface area (Å²) >= 11 is 0. The molecule has 0 atom stereocenters. The SMILES string of the molecule is COc1ccc(C(=O)N2CCC(CN)CC2)cc1[N+](=O)[O-]. The number of nitro benzene ring substituents is 1. The fourth-order valence-electron chi connectivity index (χ4n) is 2.52. The van der Waals surface area contributed by atoms with Gasteiger partial charge in [0.15, 0.2) is 5.75 Å². The first-order valence-corrected chi connectivity index (χ1v) is 6.88. The molecule has 1 fully saturated rings. The Morgan fingerprint density at radius 2 is 2.14 bits per heavy atom. The van der Waals surface area contributed by atoms with Crippen molar-refractivity contribution in [1.29, 1.82) is 0 Å². The van der Waals surface area contributed by atoms with Crippen molar-refractivity contribution >= 4 is 11.6 Å². The number of carbonyl (C=O) groups excluding carboxylic acids is 1. The molecule has 114 valence electrons. The van der Waals surface area contributed by atoms with Crippen LogP contribution in [-0.2, 0) is 0 Å². The molecule has 2 N–H and O–H groups in total. The standard InChI is InChI=1S/C14H19N3O4/c1-21-13-3-2-11(8-12(13)17(19)20)14(18)16-6-4-10(9-15)5-7-16/h2-3,8,10H,4-7,9,15H2,1H3. The predicted octanol–water partition coefficient (Wildman–Crippen LogP) is 1.41. The van der Waals surface area contributed by atoms with Crippen molar-refractivity contribution in [3.63, 3.8) is 0 Å². The van der Waals surface area contributed by atoms with Crippen molar-refractivity contribution < 1.29 is 14.5 Å². The minimum Gasteiger partial charge on any atom is -0.490 e. The Kier molecular flexibility index (Phi) is 4.74. The van der Waals surface area contributed by atoms with Gasteiger partial charge in [0.1, 0.15) is 0 Å². The average molecular weight is 293 g/mol. The molecule has 1 aromatic rings. The summed E-state index contributed by atoms with van der Waals surface area (Å²) in [6.45, 7) is 1.91. The molecule has 1 aliphatic heterocycles. The molecule has 1 heterocycles. The van der Waals surface area contributed by atoms with Crippen LogP contribution in [0.5, 0.6) is 5.75 Å². The molecule has 7 heteroatoms. The Hall–Kier alpha value is -2.15. The first kappa shape index (κ1) is 15.2. The summed E-state index contributed by atoms with van der Waals surface area (Å²) in [5.41, 5.74) is 5.75. The zero-order valence-electron chi connectivity index (χ0n) is 11.9. The maximum Gasteiger partial charge on any atom is 0.311 e. The lowest BCUT2D eigenvalue weighted by atomic mass is 9.96. The Labute approximate surface area is 122 Å². The molecule has 0 unspecified atom stereocenters. The van der Waals surface area contributed by atoms with E-state index < -0.39 is 4.92 Å². The number of hydrogen-bond donors (Lipinski definition) is 1. The summed E-state index contributed by atoms with van der Waals surface area (Å²) in [4.78, 5) is 24.6. The van der Waals surface area contributed by atoms with Crippen LogP contribution in [0.4, 0.5) is 5.69 Å². The van der Waals surface area contributed by atoms with Crippen LogP contribution in [0, 0.1) is 16.0 Å². The largest absolute Gasteiger partial charge is 0.490 e. The van der Waals surface area contributed by atoms with E-state index in [0.717, 1.165) is 12.8 Å². The predicted molar refractivity (Wildman–Crippen MR) is 77.3 cm³/mol. The minimum atomic E-state index is -0.545. The average Bonchev–Trinajstić information content (AvgIpc) is 2.53. The number of ether oxygens (including phenoxy) is 1. The zero-order chi connectivity index (χ0) is 15.4. The third-order valence-electron chi connectivity index (χ3n) is 3.86. The van der Waals surface area contributed by atoms with Crippen LogP contribution in [0.1, 0.15) is 23.2 Å². The van der Waals surface area contributed by atoms with Crippen LogP contribution in [0.15, 0.2) is 18.2 Å². The molecule has 2 rings (SSSR count). The van der Waals surface area contributed by atoms with E-state index in [1.54, 1.807) is 11.0 Å². The third-order valence-corrected chi connectivity index (χ3v) is 3.86. The van der Waals surface area contributed by atoms with Gasteiger partial charge < -0.3 is 15.4 Å². The molecule has 21 heavy (non-hydrogen) atoms. The van der Waals surface area contributed by atoms with Gasteiger partial charge in [-0.3, -0.25) is 14.9 Å². The molecular formula is C14H19N3O4. The molecule has 0 saturated carbocycles. The Balaban J connectivity index is 2.16. The maximum absolute atomic E-state index is 12.4. The second-order valence-electron chi connectivity index (χ2n) is 5.12. The van der Waals surface area contributed by atoms with Crippen LogP contribution in [-0.4, -0.2) is 42.5 Å². The van der Waals surface area contributed by atoms with E-state index in [1.165, 1.54) is 19.2 Å². The molecule has 0 aromatic heterocycles. The number of nitrogens with two attached hydrogens (primary N) is 1. The van der Waals surface area contributed by atoms with Crippen molar-refractivity contribution in [2.75, 3.05) is 26.7 Å². The quantitative estimate of drug-likeness (QED) is 0.668. The van der Waals surface area contributed by atoms with Gasteiger partial charge in [0, 0.05) is 24.7 Å². The molecule has 1 aliphatic rings. The van der Waals surface area contributed by atoms with Crippen LogP contribution in [0.2, 0.25) is 0 Å².